The van der Waals surface area contributed by atoms with E-state index in [-0.39, 0.29) is 0 Å². The summed E-state index contributed by atoms with van der Waals surface area (Å²) < 4.78 is 16.1. The van der Waals surface area contributed by atoms with Gasteiger partial charge < -0.3 is 5.11 Å². The summed E-state index contributed by atoms with van der Waals surface area (Å²) >= 11 is 3.13. The van der Waals surface area contributed by atoms with Crippen LogP contribution in [-0.4, -0.2) is 14.9 Å². The molecule has 2 rings (SSSR count). The van der Waals surface area contributed by atoms with Crippen molar-refractivity contribution in [3.63, 3.8) is 0 Å². The van der Waals surface area contributed by atoms with E-state index in [1.165, 1.54) is 0 Å². The van der Waals surface area contributed by atoms with Crippen LogP contribution >= 0.6 is 15.9 Å². The maximum absolute atomic E-state index is 13.9. The van der Waals surface area contributed by atoms with E-state index in [0.717, 1.165) is 17.9 Å². The summed E-state index contributed by atoms with van der Waals surface area (Å²) in [7, 11) is 0. The number of hydrogen-bond donors (Lipinski definition) is 1. The number of aliphatic hydroxyl groups is 1. The van der Waals surface area contributed by atoms with E-state index in [4.69, 9.17) is 0 Å². The Balaban J connectivity index is 2.25. The van der Waals surface area contributed by atoms with Crippen molar-refractivity contribution in [1.82, 2.24) is 9.78 Å². The zero-order valence-corrected chi connectivity index (χ0v) is 12.5. The number of aromatic nitrogens is 2. The van der Waals surface area contributed by atoms with Crippen molar-refractivity contribution < 1.29 is 9.50 Å². The molecular formula is C14H16BrFN2O. The second-order valence-electron chi connectivity index (χ2n) is 4.46. The van der Waals surface area contributed by atoms with Crippen molar-refractivity contribution in [2.45, 2.75) is 32.9 Å². The number of aliphatic hydroxyl groups excluding tert-OH is 1. The largest absolute Gasteiger partial charge is 0.388 e. The van der Waals surface area contributed by atoms with Crippen LogP contribution in [0.3, 0.4) is 0 Å². The van der Waals surface area contributed by atoms with Gasteiger partial charge in [0.1, 0.15) is 5.82 Å². The topological polar surface area (TPSA) is 38.0 Å². The van der Waals surface area contributed by atoms with Gasteiger partial charge in [-0.2, -0.15) is 5.10 Å². The Morgan fingerprint density at radius 3 is 2.89 bits per heavy atom. The molecule has 3 nitrogen and oxygen atoms in total. The van der Waals surface area contributed by atoms with Gasteiger partial charge in [0.05, 0.1) is 16.3 Å². The molecule has 0 aliphatic carbocycles. The number of aryl methyl sites for hydroxylation is 2. The molecule has 1 aromatic heterocycles. The molecule has 0 spiro atoms. The molecule has 1 N–H and O–H groups in total. The Morgan fingerprint density at radius 1 is 1.47 bits per heavy atom. The van der Waals surface area contributed by atoms with Crippen molar-refractivity contribution >= 4 is 15.9 Å². The molecule has 0 fully saturated rings. The Kier molecular flexibility index (Phi) is 4.37. The molecule has 1 unspecified atom stereocenters. The van der Waals surface area contributed by atoms with Crippen LogP contribution in [0.4, 0.5) is 4.39 Å². The van der Waals surface area contributed by atoms with Gasteiger partial charge in [0.2, 0.25) is 0 Å². The highest BCUT2D eigenvalue weighted by Gasteiger charge is 2.17. The third-order valence-electron chi connectivity index (χ3n) is 3.03. The van der Waals surface area contributed by atoms with Crippen LogP contribution < -0.4 is 0 Å². The van der Waals surface area contributed by atoms with E-state index in [2.05, 4.69) is 21.0 Å². The molecule has 1 heterocycles. The molecule has 5 heteroatoms. The average Bonchev–Trinajstić information content (AvgIpc) is 2.72. The van der Waals surface area contributed by atoms with E-state index in [9.17, 15) is 9.50 Å². The highest BCUT2D eigenvalue weighted by Crippen LogP contribution is 2.26. The Bertz CT molecular complexity index is 583. The smallest absolute Gasteiger partial charge is 0.143 e. The summed E-state index contributed by atoms with van der Waals surface area (Å²) in [6, 6.07) is 6.85. The number of nitrogens with zero attached hydrogens (tertiary/aromatic N) is 2. The summed E-state index contributed by atoms with van der Waals surface area (Å²) in [6.45, 7) is 4.63. The van der Waals surface area contributed by atoms with Crippen LogP contribution in [0.25, 0.3) is 0 Å². The van der Waals surface area contributed by atoms with E-state index < -0.39 is 11.9 Å². The monoisotopic (exact) mass is 326 g/mol. The normalized spacial score (nSPS) is 12.7. The van der Waals surface area contributed by atoms with Crippen molar-refractivity contribution in [3.8, 4) is 0 Å². The van der Waals surface area contributed by atoms with Crippen molar-refractivity contribution in [3.05, 3.63) is 51.5 Å². The molecule has 0 radical (unpaired) electrons. The van der Waals surface area contributed by atoms with Gasteiger partial charge in [-0.15, -0.1) is 0 Å². The van der Waals surface area contributed by atoms with Gasteiger partial charge in [0.25, 0.3) is 0 Å². The predicted molar refractivity (Wildman–Crippen MR) is 75.4 cm³/mol. The molecule has 1 atom stereocenters. The Hall–Kier alpha value is -1.20. The number of rotatable bonds is 4. The molecule has 1 aromatic carbocycles. The van der Waals surface area contributed by atoms with E-state index in [0.29, 0.717) is 16.5 Å². The van der Waals surface area contributed by atoms with Crippen LogP contribution in [0, 0.1) is 12.7 Å². The lowest BCUT2D eigenvalue weighted by Crippen LogP contribution is -2.09. The molecule has 0 aliphatic heterocycles. The second-order valence-corrected chi connectivity index (χ2v) is 5.31. The van der Waals surface area contributed by atoms with Gasteiger partial charge in [-0.1, -0.05) is 12.1 Å². The molecule has 2 aromatic rings. The minimum atomic E-state index is -0.876. The lowest BCUT2D eigenvalue weighted by molar-refractivity contribution is 0.170. The third kappa shape index (κ3) is 3.04. The van der Waals surface area contributed by atoms with Gasteiger partial charge in [-0.25, -0.2) is 4.39 Å². The minimum Gasteiger partial charge on any atom is -0.388 e. The van der Waals surface area contributed by atoms with E-state index >= 15 is 0 Å². The first-order valence-electron chi connectivity index (χ1n) is 6.18. The van der Waals surface area contributed by atoms with Gasteiger partial charge in [0, 0.05) is 24.2 Å². The minimum absolute atomic E-state index is 0.302. The first-order chi connectivity index (χ1) is 9.02. The van der Waals surface area contributed by atoms with Crippen molar-refractivity contribution in [2.75, 3.05) is 0 Å². The first-order valence-corrected chi connectivity index (χ1v) is 6.97. The molecule has 19 heavy (non-hydrogen) atoms. The summed E-state index contributed by atoms with van der Waals surface area (Å²) in [5.41, 5.74) is 2.11. The fraction of sp³-hybridized carbons (Fsp3) is 0.357. The Morgan fingerprint density at radius 2 is 2.21 bits per heavy atom. The van der Waals surface area contributed by atoms with E-state index in [1.54, 1.807) is 18.2 Å². The first kappa shape index (κ1) is 14.2. The summed E-state index contributed by atoms with van der Waals surface area (Å²) in [5.74, 6) is -0.408. The summed E-state index contributed by atoms with van der Waals surface area (Å²) in [5, 5.41) is 14.5. The summed E-state index contributed by atoms with van der Waals surface area (Å²) in [6.07, 6.45) is -0.527. The highest BCUT2D eigenvalue weighted by molar-refractivity contribution is 9.10. The number of benzene rings is 1. The predicted octanol–water partition coefficient (Wildman–Crippen LogP) is 3.39. The fourth-order valence-corrected chi connectivity index (χ4v) is 2.50. The van der Waals surface area contributed by atoms with Crippen molar-refractivity contribution in [2.24, 2.45) is 0 Å². The van der Waals surface area contributed by atoms with Crippen LogP contribution in [-0.2, 0) is 13.0 Å². The second kappa shape index (κ2) is 5.84. The van der Waals surface area contributed by atoms with Crippen LogP contribution in [0.15, 0.2) is 28.7 Å². The molecule has 0 saturated heterocycles. The summed E-state index contributed by atoms with van der Waals surface area (Å²) in [4.78, 5) is 0. The van der Waals surface area contributed by atoms with E-state index in [1.807, 2.05) is 24.6 Å². The third-order valence-corrected chi connectivity index (χ3v) is 3.64. The lowest BCUT2D eigenvalue weighted by Gasteiger charge is -2.13. The maximum atomic E-state index is 13.9. The van der Waals surface area contributed by atoms with Crippen LogP contribution in [0.1, 0.15) is 30.0 Å². The molecule has 0 saturated carbocycles. The molecule has 0 aliphatic rings. The van der Waals surface area contributed by atoms with Gasteiger partial charge >= 0.3 is 0 Å². The zero-order valence-electron chi connectivity index (χ0n) is 10.9. The molecule has 102 valence electrons. The molecule has 0 amide bonds. The number of halogens is 2. The quantitative estimate of drug-likeness (QED) is 0.935. The fourth-order valence-electron chi connectivity index (χ4n) is 2.12. The maximum Gasteiger partial charge on any atom is 0.143 e. The molecular weight excluding hydrogens is 311 g/mol. The van der Waals surface area contributed by atoms with Crippen LogP contribution in [0.5, 0.6) is 0 Å². The molecule has 0 bridgehead atoms. The average molecular weight is 327 g/mol. The van der Waals surface area contributed by atoms with Gasteiger partial charge in [-0.05, 0) is 41.9 Å². The van der Waals surface area contributed by atoms with Crippen molar-refractivity contribution in [1.29, 1.82) is 0 Å². The highest BCUT2D eigenvalue weighted by atomic mass is 79.9. The lowest BCUT2D eigenvalue weighted by atomic mass is 10.0. The van der Waals surface area contributed by atoms with Gasteiger partial charge in [0.15, 0.2) is 0 Å². The Labute approximate surface area is 120 Å². The van der Waals surface area contributed by atoms with Crippen LogP contribution in [0.2, 0.25) is 0 Å². The number of hydrogen-bond acceptors (Lipinski definition) is 2. The zero-order chi connectivity index (χ0) is 14.0. The SMILES string of the molecule is CCn1nc(C)cc1CC(O)c1cccc(Br)c1F. The standard InChI is InChI=1S/C14H16BrFN2O/c1-3-18-10(7-9(2)17-18)8-13(19)11-5-4-6-12(15)14(11)16/h4-7,13,19H,3,8H2,1-2H3. The van der Waals surface area contributed by atoms with Gasteiger partial charge in [-0.3, -0.25) is 4.68 Å².